The van der Waals surface area contributed by atoms with Crippen LogP contribution in [0.2, 0.25) is 0 Å². The zero-order chi connectivity index (χ0) is 15.5. The first kappa shape index (κ1) is 19.8. The van der Waals surface area contributed by atoms with Gasteiger partial charge in [0.25, 0.3) is 5.69 Å². The molecule has 0 aliphatic carbocycles. The molecule has 120 valence electrons. The van der Waals surface area contributed by atoms with Crippen LogP contribution in [-0.2, 0) is 10.0 Å². The van der Waals surface area contributed by atoms with Gasteiger partial charge in [-0.3, -0.25) is 10.1 Å². The lowest BCUT2D eigenvalue weighted by molar-refractivity contribution is -0.387. The summed E-state index contributed by atoms with van der Waals surface area (Å²) in [7, 11) is -3.92. The van der Waals surface area contributed by atoms with E-state index in [0.717, 1.165) is 0 Å². The van der Waals surface area contributed by atoms with Gasteiger partial charge in [-0.25, -0.2) is 13.1 Å². The molecule has 9 heteroatoms. The van der Waals surface area contributed by atoms with Gasteiger partial charge in [-0.1, -0.05) is 0 Å². The predicted octanol–water partition coefficient (Wildman–Crippen LogP) is 1.65. The van der Waals surface area contributed by atoms with Crippen molar-refractivity contribution < 1.29 is 13.3 Å². The maximum Gasteiger partial charge on any atom is 0.289 e. The highest BCUT2D eigenvalue weighted by atomic mass is 35.5. The lowest BCUT2D eigenvalue weighted by atomic mass is 10.1. The highest BCUT2D eigenvalue weighted by Gasteiger charge is 2.26. The third kappa shape index (κ3) is 5.24. The Kier molecular flexibility index (Phi) is 7.25. The second-order valence-corrected chi connectivity index (χ2v) is 6.56. The number of nitrogens with zero attached hydrogens (tertiary/aromatic N) is 1. The first-order chi connectivity index (χ1) is 9.15. The van der Waals surface area contributed by atoms with Crippen molar-refractivity contribution in [3.63, 3.8) is 0 Å². The molecule has 1 unspecified atom stereocenters. The Balaban J connectivity index is 0.00000400. The van der Waals surface area contributed by atoms with Crippen LogP contribution in [0.1, 0.15) is 24.5 Å². The number of nitro benzene ring substituents is 1. The van der Waals surface area contributed by atoms with E-state index >= 15 is 0 Å². The number of hydrogen-bond donors (Lipinski definition) is 2. The van der Waals surface area contributed by atoms with E-state index in [2.05, 4.69) is 4.72 Å². The fourth-order valence-electron chi connectivity index (χ4n) is 1.63. The molecule has 0 heterocycles. The quantitative estimate of drug-likeness (QED) is 0.605. The Morgan fingerprint density at radius 2 is 1.86 bits per heavy atom. The molecule has 0 amide bonds. The smallest absolute Gasteiger partial charge is 0.289 e. The third-order valence-electron chi connectivity index (χ3n) is 2.95. The van der Waals surface area contributed by atoms with Crippen LogP contribution in [0, 0.1) is 24.0 Å². The molecule has 0 saturated carbocycles. The monoisotopic (exact) mass is 337 g/mol. The number of hydrogen-bond acceptors (Lipinski definition) is 5. The summed E-state index contributed by atoms with van der Waals surface area (Å²) in [5.41, 5.74) is 6.48. The van der Waals surface area contributed by atoms with Gasteiger partial charge in [0.2, 0.25) is 10.0 Å². The van der Waals surface area contributed by atoms with Gasteiger partial charge in [0.15, 0.2) is 4.90 Å². The number of halogens is 1. The molecule has 0 bridgehead atoms. The number of benzene rings is 1. The minimum atomic E-state index is -3.92. The lowest BCUT2D eigenvalue weighted by Crippen LogP contribution is -2.29. The predicted molar refractivity (Wildman–Crippen MR) is 83.3 cm³/mol. The highest BCUT2D eigenvalue weighted by Crippen LogP contribution is 2.27. The summed E-state index contributed by atoms with van der Waals surface area (Å²) >= 11 is 0. The van der Waals surface area contributed by atoms with Crippen LogP contribution in [0.3, 0.4) is 0 Å². The van der Waals surface area contributed by atoms with Crippen LogP contribution in [0.5, 0.6) is 0 Å². The highest BCUT2D eigenvalue weighted by molar-refractivity contribution is 7.89. The maximum absolute atomic E-state index is 12.1. The Bertz CT molecular complexity index is 617. The van der Waals surface area contributed by atoms with Gasteiger partial charge in [-0.15, -0.1) is 12.4 Å². The molecule has 0 spiro atoms. The summed E-state index contributed by atoms with van der Waals surface area (Å²) in [4.78, 5) is 10.0. The van der Waals surface area contributed by atoms with Gasteiger partial charge in [0.05, 0.1) is 4.92 Å². The largest absolute Gasteiger partial charge is 0.328 e. The SMILES string of the molecule is Cc1cc([N+](=O)[O-])c(S(=O)(=O)NCCC(C)N)cc1C.Cl. The molecule has 0 fully saturated rings. The fraction of sp³-hybridized carbons (Fsp3) is 0.500. The van der Waals surface area contributed by atoms with Crippen molar-refractivity contribution in [3.8, 4) is 0 Å². The average Bonchev–Trinajstić information content (AvgIpc) is 2.30. The van der Waals surface area contributed by atoms with Gasteiger partial charge in [0.1, 0.15) is 0 Å². The molecule has 0 saturated heterocycles. The van der Waals surface area contributed by atoms with Crippen molar-refractivity contribution in [2.45, 2.75) is 38.1 Å². The van der Waals surface area contributed by atoms with Crippen molar-refractivity contribution in [3.05, 3.63) is 33.4 Å². The van der Waals surface area contributed by atoms with E-state index < -0.39 is 20.6 Å². The number of aryl methyl sites for hydroxylation is 2. The molecular formula is C12H20ClN3O4S. The lowest BCUT2D eigenvalue weighted by Gasteiger charge is -2.10. The van der Waals surface area contributed by atoms with Gasteiger partial charge in [-0.2, -0.15) is 0 Å². The molecule has 0 aliphatic rings. The standard InChI is InChI=1S/C12H19N3O4S.ClH/c1-8-6-11(15(16)17)12(7-9(8)2)20(18,19)14-5-4-10(3)13;/h6-7,10,14H,4-5,13H2,1-3H3;1H. The molecule has 1 atom stereocenters. The van der Waals surface area contributed by atoms with Crippen molar-refractivity contribution in [1.82, 2.24) is 4.72 Å². The van der Waals surface area contributed by atoms with E-state index in [9.17, 15) is 18.5 Å². The number of nitrogens with two attached hydrogens (primary N) is 1. The van der Waals surface area contributed by atoms with Crippen LogP contribution in [0.25, 0.3) is 0 Å². The van der Waals surface area contributed by atoms with E-state index in [-0.39, 0.29) is 29.9 Å². The topological polar surface area (TPSA) is 115 Å². The molecule has 1 aromatic rings. The number of nitrogens with one attached hydrogen (secondary N) is 1. The first-order valence-electron chi connectivity index (χ1n) is 6.16. The minimum absolute atomic E-state index is 0. The average molecular weight is 338 g/mol. The molecular weight excluding hydrogens is 318 g/mol. The van der Waals surface area contributed by atoms with E-state index in [4.69, 9.17) is 5.73 Å². The van der Waals surface area contributed by atoms with E-state index in [1.165, 1.54) is 12.1 Å². The van der Waals surface area contributed by atoms with Crippen LogP contribution in [0.15, 0.2) is 17.0 Å². The summed E-state index contributed by atoms with van der Waals surface area (Å²) in [6, 6.07) is 2.45. The Labute approximate surface area is 130 Å². The second-order valence-electron chi connectivity index (χ2n) is 4.83. The maximum atomic E-state index is 12.1. The molecule has 3 N–H and O–H groups in total. The summed E-state index contributed by atoms with van der Waals surface area (Å²) < 4.78 is 26.6. The first-order valence-corrected chi connectivity index (χ1v) is 7.64. The van der Waals surface area contributed by atoms with E-state index in [1.807, 2.05) is 0 Å². The Morgan fingerprint density at radius 1 is 1.33 bits per heavy atom. The van der Waals surface area contributed by atoms with Crippen LogP contribution in [0.4, 0.5) is 5.69 Å². The molecule has 0 aliphatic heterocycles. The van der Waals surface area contributed by atoms with Gasteiger partial charge >= 0.3 is 0 Å². The zero-order valence-electron chi connectivity index (χ0n) is 12.1. The Hall–Kier alpha value is -1.22. The van der Waals surface area contributed by atoms with Crippen LogP contribution < -0.4 is 10.5 Å². The van der Waals surface area contributed by atoms with Gasteiger partial charge in [0, 0.05) is 18.7 Å². The van der Waals surface area contributed by atoms with Crippen LogP contribution in [-0.4, -0.2) is 25.9 Å². The van der Waals surface area contributed by atoms with E-state index in [1.54, 1.807) is 20.8 Å². The van der Waals surface area contributed by atoms with Crippen molar-refractivity contribution in [1.29, 1.82) is 0 Å². The summed E-state index contributed by atoms with van der Waals surface area (Å²) in [6.45, 7) is 5.30. The van der Waals surface area contributed by atoms with Crippen molar-refractivity contribution in [2.24, 2.45) is 5.73 Å². The molecule has 1 rings (SSSR count). The molecule has 0 radical (unpaired) electrons. The van der Waals surface area contributed by atoms with Crippen molar-refractivity contribution >= 4 is 28.1 Å². The third-order valence-corrected chi connectivity index (χ3v) is 4.44. The molecule has 7 nitrogen and oxygen atoms in total. The molecule has 0 aromatic heterocycles. The normalized spacial score (nSPS) is 12.6. The summed E-state index contributed by atoms with van der Waals surface area (Å²) in [5.74, 6) is 0. The van der Waals surface area contributed by atoms with Gasteiger partial charge in [-0.05, 0) is 44.4 Å². The fourth-order valence-corrected chi connectivity index (χ4v) is 2.91. The minimum Gasteiger partial charge on any atom is -0.328 e. The van der Waals surface area contributed by atoms with Gasteiger partial charge < -0.3 is 5.73 Å². The summed E-state index contributed by atoms with van der Waals surface area (Å²) in [6.07, 6.45) is 0.456. The number of nitro groups is 1. The summed E-state index contributed by atoms with van der Waals surface area (Å²) in [5, 5.41) is 11.0. The van der Waals surface area contributed by atoms with E-state index in [0.29, 0.717) is 17.5 Å². The Morgan fingerprint density at radius 3 is 2.33 bits per heavy atom. The molecule has 1 aromatic carbocycles. The van der Waals surface area contributed by atoms with Crippen molar-refractivity contribution in [2.75, 3.05) is 6.54 Å². The zero-order valence-corrected chi connectivity index (χ0v) is 13.8. The number of rotatable bonds is 6. The number of sulfonamides is 1. The van der Waals surface area contributed by atoms with Crippen LogP contribution >= 0.6 is 12.4 Å². The second kappa shape index (κ2) is 7.69. The molecule has 21 heavy (non-hydrogen) atoms.